The Morgan fingerprint density at radius 1 is 1.02 bits per heavy atom. The molecule has 8 nitrogen and oxygen atoms in total. The monoisotopic (exact) mass is 589 g/mol. The van der Waals surface area contributed by atoms with Crippen molar-refractivity contribution in [2.24, 2.45) is 0 Å². The molecular weight excluding hydrogens is 557 g/mol. The Labute approximate surface area is 239 Å². The molecule has 40 heavy (non-hydrogen) atoms. The Balaban J connectivity index is 2.06. The van der Waals surface area contributed by atoms with E-state index in [2.05, 4.69) is 5.32 Å². The lowest BCUT2D eigenvalue weighted by atomic mass is 10.1. The molecule has 0 unspecified atom stereocenters. The Morgan fingerprint density at radius 3 is 2.27 bits per heavy atom. The van der Waals surface area contributed by atoms with Gasteiger partial charge in [0.05, 0.1) is 22.7 Å². The summed E-state index contributed by atoms with van der Waals surface area (Å²) in [4.78, 5) is 28.1. The summed E-state index contributed by atoms with van der Waals surface area (Å²) in [5.41, 5.74) is 0.301. The molecule has 1 N–H and O–H groups in total. The van der Waals surface area contributed by atoms with E-state index in [-0.39, 0.29) is 33.8 Å². The largest absolute Gasteiger partial charge is 0.495 e. The van der Waals surface area contributed by atoms with Crippen molar-refractivity contribution in [1.82, 2.24) is 10.2 Å². The summed E-state index contributed by atoms with van der Waals surface area (Å²) in [7, 11) is -2.83. The molecule has 0 radical (unpaired) electrons. The summed E-state index contributed by atoms with van der Waals surface area (Å²) < 4.78 is 48.3. The number of nitrogens with one attached hydrogen (secondary N) is 1. The minimum Gasteiger partial charge on any atom is -0.495 e. The second kappa shape index (κ2) is 13.6. The van der Waals surface area contributed by atoms with Gasteiger partial charge >= 0.3 is 0 Å². The molecule has 0 aromatic heterocycles. The molecule has 3 aromatic carbocycles. The third kappa shape index (κ3) is 7.31. The highest BCUT2D eigenvalue weighted by Gasteiger charge is 2.33. The summed E-state index contributed by atoms with van der Waals surface area (Å²) in [5.74, 6) is -1.37. The molecule has 3 aromatic rings. The van der Waals surface area contributed by atoms with Gasteiger partial charge in [-0.15, -0.1) is 0 Å². The van der Waals surface area contributed by atoms with Gasteiger partial charge in [0, 0.05) is 18.2 Å². The van der Waals surface area contributed by atoms with Crippen LogP contribution in [0.25, 0.3) is 0 Å². The summed E-state index contributed by atoms with van der Waals surface area (Å²) in [6.45, 7) is 4.34. The molecule has 0 saturated carbocycles. The fourth-order valence-electron chi connectivity index (χ4n) is 3.92. The maximum Gasteiger partial charge on any atom is 0.264 e. The number of carbonyl (C=O) groups is 2. The Hall–Kier alpha value is -3.63. The zero-order valence-corrected chi connectivity index (χ0v) is 24.4. The normalized spacial score (nSPS) is 12.8. The van der Waals surface area contributed by atoms with Gasteiger partial charge in [-0.25, -0.2) is 12.8 Å². The van der Waals surface area contributed by atoms with Crippen molar-refractivity contribution in [3.8, 4) is 5.75 Å². The lowest BCUT2D eigenvalue weighted by molar-refractivity contribution is -0.139. The smallest absolute Gasteiger partial charge is 0.264 e. The topological polar surface area (TPSA) is 96.0 Å². The lowest BCUT2D eigenvalue weighted by Gasteiger charge is -2.32. The Bertz CT molecular complexity index is 1440. The number of methoxy groups -OCH3 is 1. The molecule has 0 aliphatic carbocycles. The summed E-state index contributed by atoms with van der Waals surface area (Å²) >= 11 is 6.31. The predicted octanol–water partition coefficient (Wildman–Crippen LogP) is 5.02. The van der Waals surface area contributed by atoms with E-state index in [4.69, 9.17) is 16.3 Å². The first-order valence-corrected chi connectivity index (χ1v) is 14.6. The number of halogens is 2. The number of rotatable bonds is 12. The molecule has 0 saturated heterocycles. The van der Waals surface area contributed by atoms with Crippen LogP contribution in [0, 0.1) is 5.82 Å². The SMILES string of the molecule is CC[C@H](C)NC(=O)[C@H](C)N(Cc1ccccc1F)C(=O)CN(c1ccc(OC)c(Cl)c1)S(=O)(=O)c1ccccc1. The second-order valence-electron chi connectivity index (χ2n) is 9.25. The van der Waals surface area contributed by atoms with Crippen molar-refractivity contribution in [1.29, 1.82) is 0 Å². The zero-order chi connectivity index (χ0) is 29.4. The van der Waals surface area contributed by atoms with Crippen LogP contribution >= 0.6 is 11.6 Å². The number of ether oxygens (including phenoxy) is 1. The molecule has 0 heterocycles. The highest BCUT2D eigenvalue weighted by atomic mass is 35.5. The van der Waals surface area contributed by atoms with E-state index in [0.29, 0.717) is 12.2 Å². The molecule has 0 aliphatic heterocycles. The standard InChI is InChI=1S/C29H33ClFN3O5S/c1-5-20(2)32-29(36)21(3)33(18-22-11-9-10-14-26(22)31)28(35)19-34(23-15-16-27(39-4)25(30)17-23)40(37,38)24-12-7-6-8-13-24/h6-17,20-21H,5,18-19H2,1-4H3,(H,32,36)/t20-,21-/m0/s1. The number of sulfonamides is 1. The first kappa shape index (κ1) is 30.9. The molecular formula is C29H33ClFN3O5S. The maximum absolute atomic E-state index is 14.6. The first-order chi connectivity index (χ1) is 19.0. The van der Waals surface area contributed by atoms with E-state index in [1.165, 1.54) is 67.5 Å². The van der Waals surface area contributed by atoms with Gasteiger partial charge in [-0.2, -0.15) is 0 Å². The number of hydrogen-bond donors (Lipinski definition) is 1. The second-order valence-corrected chi connectivity index (χ2v) is 11.5. The van der Waals surface area contributed by atoms with Crippen LogP contribution in [0.4, 0.5) is 10.1 Å². The highest BCUT2D eigenvalue weighted by molar-refractivity contribution is 7.92. The lowest BCUT2D eigenvalue weighted by Crippen LogP contribution is -2.52. The van der Waals surface area contributed by atoms with E-state index in [1.807, 2.05) is 13.8 Å². The quantitative estimate of drug-likeness (QED) is 0.320. The van der Waals surface area contributed by atoms with E-state index in [1.54, 1.807) is 24.3 Å². The number of nitrogens with zero attached hydrogens (tertiary/aromatic N) is 2. The third-order valence-electron chi connectivity index (χ3n) is 6.50. The van der Waals surface area contributed by atoms with Gasteiger partial charge in [0.1, 0.15) is 24.2 Å². The zero-order valence-electron chi connectivity index (χ0n) is 22.8. The molecule has 214 valence electrons. The molecule has 2 atom stereocenters. The Kier molecular flexibility index (Phi) is 10.5. The van der Waals surface area contributed by atoms with Crippen molar-refractivity contribution in [2.45, 2.75) is 50.7 Å². The number of benzene rings is 3. The van der Waals surface area contributed by atoms with Gasteiger partial charge in [0.15, 0.2) is 0 Å². The van der Waals surface area contributed by atoms with Crippen LogP contribution in [0.2, 0.25) is 5.02 Å². The van der Waals surface area contributed by atoms with E-state index >= 15 is 0 Å². The fraction of sp³-hybridized carbons (Fsp3) is 0.310. The average molecular weight is 590 g/mol. The predicted molar refractivity (Wildman–Crippen MR) is 153 cm³/mol. The molecule has 0 spiro atoms. The molecule has 0 bridgehead atoms. The molecule has 0 aliphatic rings. The van der Waals surface area contributed by atoms with Crippen LogP contribution in [-0.2, 0) is 26.2 Å². The third-order valence-corrected chi connectivity index (χ3v) is 8.58. The molecule has 2 amide bonds. The maximum atomic E-state index is 14.6. The van der Waals surface area contributed by atoms with Gasteiger partial charge in [-0.3, -0.25) is 13.9 Å². The average Bonchev–Trinajstić information content (AvgIpc) is 2.95. The van der Waals surface area contributed by atoms with Gasteiger partial charge in [-0.05, 0) is 56.7 Å². The summed E-state index contributed by atoms with van der Waals surface area (Å²) in [6.07, 6.45) is 0.668. The first-order valence-electron chi connectivity index (χ1n) is 12.7. The fourth-order valence-corrected chi connectivity index (χ4v) is 5.60. The summed E-state index contributed by atoms with van der Waals surface area (Å²) in [6, 6.07) is 16.7. The minimum absolute atomic E-state index is 0.0436. The van der Waals surface area contributed by atoms with E-state index in [9.17, 15) is 22.4 Å². The number of hydrogen-bond acceptors (Lipinski definition) is 5. The van der Waals surface area contributed by atoms with Crippen LogP contribution in [0.5, 0.6) is 5.75 Å². The van der Waals surface area contributed by atoms with Gasteiger partial charge in [0.25, 0.3) is 10.0 Å². The molecule has 3 rings (SSSR count). The minimum atomic E-state index is -4.26. The van der Waals surface area contributed by atoms with Gasteiger partial charge < -0.3 is 15.0 Å². The van der Waals surface area contributed by atoms with Crippen LogP contribution in [-0.4, -0.2) is 50.9 Å². The van der Waals surface area contributed by atoms with Crippen LogP contribution in [0.3, 0.4) is 0 Å². The Morgan fingerprint density at radius 2 is 1.68 bits per heavy atom. The number of amides is 2. The number of carbonyl (C=O) groups excluding carboxylic acids is 2. The molecule has 0 fully saturated rings. The number of anilines is 1. The van der Waals surface area contributed by atoms with Crippen molar-refractivity contribution in [2.75, 3.05) is 18.0 Å². The van der Waals surface area contributed by atoms with Crippen LogP contribution in [0.1, 0.15) is 32.8 Å². The molecule has 11 heteroatoms. The van der Waals surface area contributed by atoms with Gasteiger partial charge in [0.2, 0.25) is 11.8 Å². The van der Waals surface area contributed by atoms with Gasteiger partial charge in [-0.1, -0.05) is 54.9 Å². The van der Waals surface area contributed by atoms with E-state index in [0.717, 1.165) is 4.31 Å². The van der Waals surface area contributed by atoms with Crippen molar-refractivity contribution < 1.29 is 27.1 Å². The van der Waals surface area contributed by atoms with E-state index < -0.39 is 40.2 Å². The van der Waals surface area contributed by atoms with Crippen LogP contribution < -0.4 is 14.4 Å². The van der Waals surface area contributed by atoms with Crippen molar-refractivity contribution in [3.05, 3.63) is 89.2 Å². The highest BCUT2D eigenvalue weighted by Crippen LogP contribution is 2.32. The summed E-state index contributed by atoms with van der Waals surface area (Å²) in [5, 5.41) is 2.98. The van der Waals surface area contributed by atoms with Crippen molar-refractivity contribution in [3.63, 3.8) is 0 Å². The van der Waals surface area contributed by atoms with Crippen LogP contribution in [0.15, 0.2) is 77.7 Å². The van der Waals surface area contributed by atoms with Crippen molar-refractivity contribution >= 4 is 39.1 Å².